The summed E-state index contributed by atoms with van der Waals surface area (Å²) in [7, 11) is 0. The van der Waals surface area contributed by atoms with Crippen molar-refractivity contribution in [3.63, 3.8) is 0 Å². The summed E-state index contributed by atoms with van der Waals surface area (Å²) in [5, 5.41) is 12.6. The van der Waals surface area contributed by atoms with Crippen LogP contribution >= 0.6 is 23.4 Å². The minimum Gasteiger partial charge on any atom is -0.409 e. The van der Waals surface area contributed by atoms with Crippen molar-refractivity contribution in [3.8, 4) is 0 Å². The molecule has 4 rings (SSSR count). The number of amidine groups is 1. The molecule has 0 saturated carbocycles. The van der Waals surface area contributed by atoms with Gasteiger partial charge in [-0.3, -0.25) is 0 Å². The molecular formula is C21H15ClF3N5OS. The first kappa shape index (κ1) is 22.0. The molecule has 4 aromatic rings. The Hall–Kier alpha value is -3.24. The third-order valence-electron chi connectivity index (χ3n) is 4.61. The van der Waals surface area contributed by atoms with E-state index in [0.717, 1.165) is 35.1 Å². The molecule has 6 nitrogen and oxygen atoms in total. The van der Waals surface area contributed by atoms with Crippen molar-refractivity contribution in [1.82, 2.24) is 14.5 Å². The molecule has 3 N–H and O–H groups in total. The number of benzene rings is 2. The van der Waals surface area contributed by atoms with E-state index >= 15 is 0 Å². The van der Waals surface area contributed by atoms with E-state index in [2.05, 4.69) is 15.1 Å². The second-order valence-corrected chi connectivity index (χ2v) is 8.13. The molecule has 2 heterocycles. The van der Waals surface area contributed by atoms with Crippen LogP contribution in [0, 0.1) is 0 Å². The number of nitrogens with zero attached hydrogens (tertiary/aromatic N) is 4. The van der Waals surface area contributed by atoms with Crippen LogP contribution in [0.25, 0.3) is 11.0 Å². The second kappa shape index (κ2) is 8.71. The van der Waals surface area contributed by atoms with Crippen molar-refractivity contribution in [2.24, 2.45) is 10.9 Å². The van der Waals surface area contributed by atoms with Gasteiger partial charge in [0.05, 0.1) is 28.2 Å². The summed E-state index contributed by atoms with van der Waals surface area (Å²) in [4.78, 5) is 8.51. The lowest BCUT2D eigenvalue weighted by molar-refractivity contribution is -0.137. The van der Waals surface area contributed by atoms with Gasteiger partial charge in [0, 0.05) is 11.8 Å². The van der Waals surface area contributed by atoms with Crippen molar-refractivity contribution in [2.75, 3.05) is 0 Å². The Morgan fingerprint density at radius 3 is 2.66 bits per heavy atom. The van der Waals surface area contributed by atoms with Crippen LogP contribution in [-0.2, 0) is 12.7 Å². The number of aromatic nitrogens is 3. The van der Waals surface area contributed by atoms with E-state index in [4.69, 9.17) is 22.5 Å². The molecule has 0 aliphatic carbocycles. The highest BCUT2D eigenvalue weighted by Crippen LogP contribution is 2.37. The normalized spacial score (nSPS) is 12.4. The van der Waals surface area contributed by atoms with Crippen LogP contribution < -0.4 is 5.73 Å². The first-order chi connectivity index (χ1) is 15.3. The van der Waals surface area contributed by atoms with Gasteiger partial charge in [-0.2, -0.15) is 13.2 Å². The summed E-state index contributed by atoms with van der Waals surface area (Å²) in [6.07, 6.45) is -3.78. The molecule has 0 saturated heterocycles. The zero-order chi connectivity index (χ0) is 22.9. The molecule has 164 valence electrons. The summed E-state index contributed by atoms with van der Waals surface area (Å²) in [6.45, 7) is 0.383. The minimum atomic E-state index is -4.53. The number of nitrogens with two attached hydrogens (primary N) is 1. The molecule has 0 aliphatic rings. The largest absolute Gasteiger partial charge is 0.417 e. The quantitative estimate of drug-likeness (QED) is 0.174. The fourth-order valence-corrected chi connectivity index (χ4v) is 4.23. The van der Waals surface area contributed by atoms with E-state index in [0.29, 0.717) is 22.8 Å². The molecule has 0 bridgehead atoms. The smallest absolute Gasteiger partial charge is 0.409 e. The predicted molar refractivity (Wildman–Crippen MR) is 116 cm³/mol. The van der Waals surface area contributed by atoms with Crippen molar-refractivity contribution < 1.29 is 18.4 Å². The molecule has 0 fully saturated rings. The van der Waals surface area contributed by atoms with Gasteiger partial charge in [-0.1, -0.05) is 47.1 Å². The number of fused-ring (bicyclic) bond motifs is 1. The molecular weight excluding hydrogens is 463 g/mol. The maximum absolute atomic E-state index is 12.9. The van der Waals surface area contributed by atoms with Gasteiger partial charge in [-0.05, 0) is 41.6 Å². The zero-order valence-electron chi connectivity index (χ0n) is 16.2. The average molecular weight is 478 g/mol. The number of alkyl halides is 3. The first-order valence-electron chi connectivity index (χ1n) is 9.19. The highest BCUT2D eigenvalue weighted by atomic mass is 35.5. The van der Waals surface area contributed by atoms with Crippen molar-refractivity contribution in [1.29, 1.82) is 0 Å². The topological polar surface area (TPSA) is 89.3 Å². The van der Waals surface area contributed by atoms with Gasteiger partial charge < -0.3 is 15.5 Å². The van der Waals surface area contributed by atoms with E-state index < -0.39 is 11.7 Å². The molecule has 2 aromatic heterocycles. The fourth-order valence-electron chi connectivity index (χ4n) is 3.10. The van der Waals surface area contributed by atoms with E-state index in [1.54, 1.807) is 18.2 Å². The summed E-state index contributed by atoms with van der Waals surface area (Å²) in [6, 6.07) is 15.4. The Bertz CT molecular complexity index is 1320. The highest BCUT2D eigenvalue weighted by molar-refractivity contribution is 7.99. The van der Waals surface area contributed by atoms with Crippen LogP contribution in [0.15, 0.2) is 76.1 Å². The molecule has 0 unspecified atom stereocenters. The molecule has 0 aliphatic heterocycles. The minimum absolute atomic E-state index is 0.0160. The zero-order valence-corrected chi connectivity index (χ0v) is 17.8. The van der Waals surface area contributed by atoms with Crippen molar-refractivity contribution in [2.45, 2.75) is 22.9 Å². The summed E-state index contributed by atoms with van der Waals surface area (Å²) in [5.41, 5.74) is 7.72. The SMILES string of the molecule is NC(=NO)c1cccc(Cn2c(Sc3ncc(C(F)(F)F)cc3Cl)nc3ccccc32)c1. The molecule has 11 heteroatoms. The second-order valence-electron chi connectivity index (χ2n) is 6.77. The van der Waals surface area contributed by atoms with Crippen LogP contribution in [-0.4, -0.2) is 25.6 Å². The number of hydrogen-bond donors (Lipinski definition) is 2. The van der Waals surface area contributed by atoms with Gasteiger partial charge in [0.2, 0.25) is 0 Å². The van der Waals surface area contributed by atoms with Gasteiger partial charge in [0.1, 0.15) is 5.03 Å². The lowest BCUT2D eigenvalue weighted by atomic mass is 10.1. The molecule has 0 spiro atoms. The molecule has 32 heavy (non-hydrogen) atoms. The van der Waals surface area contributed by atoms with Gasteiger partial charge in [0.15, 0.2) is 11.0 Å². The molecule has 0 atom stereocenters. The third kappa shape index (κ3) is 4.51. The fraction of sp³-hybridized carbons (Fsp3) is 0.0952. The average Bonchev–Trinajstić information content (AvgIpc) is 3.11. The van der Waals surface area contributed by atoms with E-state index in [1.165, 1.54) is 0 Å². The van der Waals surface area contributed by atoms with E-state index in [1.807, 2.05) is 34.9 Å². The van der Waals surface area contributed by atoms with E-state index in [-0.39, 0.29) is 15.9 Å². The Kier molecular flexibility index (Phi) is 5.98. The maximum atomic E-state index is 12.9. The van der Waals surface area contributed by atoms with Crippen LogP contribution in [0.3, 0.4) is 0 Å². The van der Waals surface area contributed by atoms with Crippen LogP contribution in [0.4, 0.5) is 13.2 Å². The first-order valence-corrected chi connectivity index (χ1v) is 10.4. The maximum Gasteiger partial charge on any atom is 0.417 e. The van der Waals surface area contributed by atoms with Crippen LogP contribution in [0.1, 0.15) is 16.7 Å². The van der Waals surface area contributed by atoms with Crippen LogP contribution in [0.2, 0.25) is 5.02 Å². The van der Waals surface area contributed by atoms with Gasteiger partial charge in [0.25, 0.3) is 0 Å². The number of halogens is 4. The van der Waals surface area contributed by atoms with Crippen LogP contribution in [0.5, 0.6) is 0 Å². The molecule has 2 aromatic carbocycles. The van der Waals surface area contributed by atoms with Gasteiger partial charge in [-0.25, -0.2) is 9.97 Å². The Morgan fingerprint density at radius 1 is 1.16 bits per heavy atom. The number of hydrogen-bond acceptors (Lipinski definition) is 5. The number of rotatable bonds is 5. The van der Waals surface area contributed by atoms with Gasteiger partial charge in [-0.15, -0.1) is 0 Å². The lowest BCUT2D eigenvalue weighted by Gasteiger charge is -2.11. The monoisotopic (exact) mass is 477 g/mol. The Balaban J connectivity index is 1.73. The number of imidazole rings is 1. The molecule has 0 amide bonds. The number of para-hydroxylation sites is 2. The van der Waals surface area contributed by atoms with Crippen molar-refractivity contribution in [3.05, 3.63) is 82.5 Å². The van der Waals surface area contributed by atoms with E-state index in [9.17, 15) is 13.2 Å². The summed E-state index contributed by atoms with van der Waals surface area (Å²) < 4.78 is 40.7. The Labute approximate surface area is 189 Å². The van der Waals surface area contributed by atoms with Crippen molar-refractivity contribution >= 4 is 40.2 Å². The standard InChI is InChI=1S/C21H15ClF3N5OS/c22-15-9-14(21(23,24)25)10-27-19(15)32-20-28-16-6-1-2-7-17(16)30(20)11-12-4-3-5-13(8-12)18(26)29-31/h1-10,31H,11H2,(H2,26,29). The third-order valence-corrected chi connectivity index (χ3v) is 6.03. The summed E-state index contributed by atoms with van der Waals surface area (Å²) in [5.74, 6) is -0.0160. The lowest BCUT2D eigenvalue weighted by Crippen LogP contribution is -2.13. The Morgan fingerprint density at radius 2 is 1.94 bits per heavy atom. The summed E-state index contributed by atoms with van der Waals surface area (Å²) >= 11 is 7.17. The molecule has 0 radical (unpaired) electrons. The highest BCUT2D eigenvalue weighted by Gasteiger charge is 2.31. The van der Waals surface area contributed by atoms with Gasteiger partial charge >= 0.3 is 6.18 Å². The number of pyridine rings is 1. The number of oxime groups is 1. The predicted octanol–water partition coefficient (Wildman–Crippen LogP) is 5.40.